The fraction of sp³-hybridized carbons (Fsp3) is 0.375. The van der Waals surface area contributed by atoms with Gasteiger partial charge in [0.1, 0.15) is 5.54 Å². The first-order chi connectivity index (χ1) is 10.1. The minimum atomic E-state index is -0.722. The molecule has 21 heavy (non-hydrogen) atoms. The summed E-state index contributed by atoms with van der Waals surface area (Å²) >= 11 is 5.97. The Bertz CT molecular complexity index is 601. The lowest BCUT2D eigenvalue weighted by Gasteiger charge is -2.35. The topological polar surface area (TPSA) is 62.1 Å². The fourth-order valence-electron chi connectivity index (χ4n) is 2.17. The van der Waals surface area contributed by atoms with Crippen LogP contribution in [-0.2, 0) is 4.74 Å². The summed E-state index contributed by atoms with van der Waals surface area (Å²) < 4.78 is 5.16. The third kappa shape index (κ3) is 3.56. The zero-order valence-electron chi connectivity index (χ0n) is 11.9. The van der Waals surface area contributed by atoms with Crippen LogP contribution >= 0.6 is 11.6 Å². The normalized spacial score (nSPS) is 16.0. The molecule has 1 aromatic carbocycles. The molecule has 0 unspecified atom stereocenters. The average molecular weight is 305 g/mol. The molecular weight excluding hydrogens is 288 g/mol. The van der Waals surface area contributed by atoms with Crippen molar-refractivity contribution in [3.8, 4) is 6.07 Å². The number of hydrogen-bond donors (Lipinski definition) is 1. The molecule has 1 amide bonds. The summed E-state index contributed by atoms with van der Waals surface area (Å²) in [4.78, 5) is 12.4. The van der Waals surface area contributed by atoms with Gasteiger partial charge >= 0.3 is 0 Å². The number of amides is 1. The van der Waals surface area contributed by atoms with Crippen molar-refractivity contribution in [2.75, 3.05) is 6.61 Å². The van der Waals surface area contributed by atoms with E-state index in [1.165, 1.54) is 0 Å². The molecule has 0 spiro atoms. The highest BCUT2D eigenvalue weighted by Gasteiger charge is 2.39. The van der Waals surface area contributed by atoms with E-state index in [4.69, 9.17) is 16.3 Å². The average Bonchev–Trinajstić information content (AvgIpc) is 2.44. The predicted molar refractivity (Wildman–Crippen MR) is 81.8 cm³/mol. The molecule has 1 aromatic rings. The summed E-state index contributed by atoms with van der Waals surface area (Å²) in [5.74, 6) is -0.283. The van der Waals surface area contributed by atoms with Gasteiger partial charge in [0.15, 0.2) is 0 Å². The molecule has 4 nitrogen and oxygen atoms in total. The molecule has 2 rings (SSSR count). The quantitative estimate of drug-likeness (QED) is 0.847. The predicted octanol–water partition coefficient (Wildman–Crippen LogP) is 3.52. The molecule has 0 atom stereocenters. The first-order valence-corrected chi connectivity index (χ1v) is 7.29. The number of nitrogens with one attached hydrogen (secondary N) is 1. The van der Waals surface area contributed by atoms with Gasteiger partial charge in [0.2, 0.25) is 0 Å². The van der Waals surface area contributed by atoms with E-state index in [2.05, 4.69) is 11.4 Å². The number of carbonyl (C=O) groups excluding carboxylic acids is 1. The van der Waals surface area contributed by atoms with Crippen molar-refractivity contribution in [3.63, 3.8) is 0 Å². The SMILES string of the molecule is CCO/C=C/c1ccc(Cl)cc1C(=O)NC1(C#N)CCC1. The molecule has 0 heterocycles. The lowest BCUT2D eigenvalue weighted by atomic mass is 9.78. The van der Waals surface area contributed by atoms with E-state index >= 15 is 0 Å². The molecule has 5 heteroatoms. The second-order valence-electron chi connectivity index (χ2n) is 4.99. The zero-order valence-corrected chi connectivity index (χ0v) is 12.6. The van der Waals surface area contributed by atoms with Crippen molar-refractivity contribution in [2.24, 2.45) is 0 Å². The largest absolute Gasteiger partial charge is 0.501 e. The summed E-state index contributed by atoms with van der Waals surface area (Å²) in [6.07, 6.45) is 5.61. The summed E-state index contributed by atoms with van der Waals surface area (Å²) in [5.41, 5.74) is 0.429. The van der Waals surface area contributed by atoms with Crippen LogP contribution in [0.4, 0.5) is 0 Å². The molecule has 0 aliphatic heterocycles. The molecule has 0 aromatic heterocycles. The number of halogens is 1. The van der Waals surface area contributed by atoms with Crippen LogP contribution in [0.25, 0.3) is 6.08 Å². The molecule has 1 aliphatic rings. The van der Waals surface area contributed by atoms with Gasteiger partial charge in [0.25, 0.3) is 5.91 Å². The lowest BCUT2D eigenvalue weighted by Crippen LogP contribution is -2.52. The maximum absolute atomic E-state index is 12.4. The zero-order chi connectivity index (χ0) is 15.3. The molecule has 1 aliphatic carbocycles. The van der Waals surface area contributed by atoms with Gasteiger partial charge < -0.3 is 10.1 Å². The highest BCUT2D eigenvalue weighted by atomic mass is 35.5. The van der Waals surface area contributed by atoms with E-state index in [-0.39, 0.29) is 5.91 Å². The number of benzene rings is 1. The minimum Gasteiger partial charge on any atom is -0.501 e. The highest BCUT2D eigenvalue weighted by Crippen LogP contribution is 2.31. The Labute approximate surface area is 129 Å². The summed E-state index contributed by atoms with van der Waals surface area (Å²) in [6, 6.07) is 7.27. The molecule has 0 bridgehead atoms. The Morgan fingerprint density at radius 3 is 2.90 bits per heavy atom. The van der Waals surface area contributed by atoms with Gasteiger partial charge in [0.05, 0.1) is 18.9 Å². The van der Waals surface area contributed by atoms with Gasteiger partial charge in [-0.1, -0.05) is 17.7 Å². The van der Waals surface area contributed by atoms with Crippen LogP contribution in [0.3, 0.4) is 0 Å². The van der Waals surface area contributed by atoms with E-state index in [1.807, 2.05) is 6.92 Å². The smallest absolute Gasteiger partial charge is 0.253 e. The van der Waals surface area contributed by atoms with E-state index in [1.54, 1.807) is 30.5 Å². The first kappa shape index (κ1) is 15.4. The first-order valence-electron chi connectivity index (χ1n) is 6.92. The van der Waals surface area contributed by atoms with Crippen LogP contribution in [0, 0.1) is 11.3 Å². The molecule has 110 valence electrons. The fourth-order valence-corrected chi connectivity index (χ4v) is 2.34. The van der Waals surface area contributed by atoms with Gasteiger partial charge in [0, 0.05) is 10.6 Å². The lowest BCUT2D eigenvalue weighted by molar-refractivity contribution is 0.0881. The molecule has 1 saturated carbocycles. The summed E-state index contributed by atoms with van der Waals surface area (Å²) in [6.45, 7) is 2.44. The molecule has 1 fully saturated rings. The van der Waals surface area contributed by atoms with Gasteiger partial charge in [-0.3, -0.25) is 4.79 Å². The van der Waals surface area contributed by atoms with Crippen LogP contribution in [0.1, 0.15) is 42.1 Å². The van der Waals surface area contributed by atoms with E-state index in [0.29, 0.717) is 35.6 Å². The van der Waals surface area contributed by atoms with Crippen LogP contribution < -0.4 is 5.32 Å². The Kier molecular flexibility index (Phi) is 4.87. The van der Waals surface area contributed by atoms with Crippen LogP contribution in [-0.4, -0.2) is 18.1 Å². The van der Waals surface area contributed by atoms with Crippen molar-refractivity contribution in [2.45, 2.75) is 31.7 Å². The third-order valence-corrected chi connectivity index (χ3v) is 3.78. The Morgan fingerprint density at radius 1 is 1.57 bits per heavy atom. The number of nitrogens with zero attached hydrogens (tertiary/aromatic N) is 1. The minimum absolute atomic E-state index is 0.283. The number of rotatable bonds is 5. The Hall–Kier alpha value is -1.99. The van der Waals surface area contributed by atoms with Crippen molar-refractivity contribution >= 4 is 23.6 Å². The summed E-state index contributed by atoms with van der Waals surface area (Å²) in [7, 11) is 0. The highest BCUT2D eigenvalue weighted by molar-refractivity contribution is 6.31. The van der Waals surface area contributed by atoms with Gasteiger partial charge in [-0.05, 0) is 50.0 Å². The standard InChI is InChI=1S/C16H17ClN2O2/c1-2-21-9-6-12-4-5-13(17)10-14(12)15(20)19-16(11-18)7-3-8-16/h4-6,9-10H,2-3,7-8H2,1H3,(H,19,20)/b9-6+. The van der Waals surface area contributed by atoms with E-state index in [0.717, 1.165) is 6.42 Å². The van der Waals surface area contributed by atoms with Crippen LogP contribution in [0.5, 0.6) is 0 Å². The third-order valence-electron chi connectivity index (χ3n) is 3.54. The van der Waals surface area contributed by atoms with E-state index < -0.39 is 5.54 Å². The molecular formula is C16H17ClN2O2. The van der Waals surface area contributed by atoms with Crippen LogP contribution in [0.15, 0.2) is 24.5 Å². The molecule has 0 saturated heterocycles. The van der Waals surface area contributed by atoms with Crippen molar-refractivity contribution in [1.29, 1.82) is 5.26 Å². The number of hydrogen-bond acceptors (Lipinski definition) is 3. The maximum Gasteiger partial charge on any atom is 0.253 e. The van der Waals surface area contributed by atoms with Gasteiger partial charge in [-0.25, -0.2) is 0 Å². The molecule has 1 N–H and O–H groups in total. The van der Waals surface area contributed by atoms with Gasteiger partial charge in [-0.2, -0.15) is 5.26 Å². The molecule has 0 radical (unpaired) electrons. The van der Waals surface area contributed by atoms with E-state index in [9.17, 15) is 10.1 Å². The number of carbonyl (C=O) groups is 1. The maximum atomic E-state index is 12.4. The van der Waals surface area contributed by atoms with Gasteiger partial charge in [-0.15, -0.1) is 0 Å². The second-order valence-corrected chi connectivity index (χ2v) is 5.43. The second kappa shape index (κ2) is 6.64. The monoisotopic (exact) mass is 304 g/mol. The van der Waals surface area contributed by atoms with Crippen molar-refractivity contribution < 1.29 is 9.53 Å². The Morgan fingerprint density at radius 2 is 2.33 bits per heavy atom. The van der Waals surface area contributed by atoms with Crippen LogP contribution in [0.2, 0.25) is 5.02 Å². The number of nitriles is 1. The summed E-state index contributed by atoms with van der Waals surface area (Å²) in [5, 5.41) is 12.5. The Balaban J connectivity index is 2.23. The van der Waals surface area contributed by atoms with Crippen molar-refractivity contribution in [1.82, 2.24) is 5.32 Å². The van der Waals surface area contributed by atoms with Crippen molar-refractivity contribution in [3.05, 3.63) is 40.6 Å². The number of ether oxygens (including phenoxy) is 1.